The Hall–Kier alpha value is -1.26. The number of carbonyl (C=O) groups is 2. The first-order valence-corrected chi connectivity index (χ1v) is 6.41. The minimum atomic E-state index is -0.202. The van der Waals surface area contributed by atoms with Crippen LogP contribution in [0.1, 0.15) is 39.5 Å². The summed E-state index contributed by atoms with van der Waals surface area (Å²) in [5.74, 6) is 0.148. The molecule has 5 nitrogen and oxygen atoms in total. The third kappa shape index (κ3) is 5.56. The molecule has 0 saturated carbocycles. The van der Waals surface area contributed by atoms with Crippen LogP contribution in [0, 0.1) is 0 Å². The Bertz CT molecular complexity index is 260. The molecular formula is C12H23N3O2. The fraction of sp³-hybridized carbons (Fsp3) is 0.833. The van der Waals surface area contributed by atoms with E-state index in [0.29, 0.717) is 13.0 Å². The second-order valence-electron chi connectivity index (χ2n) is 4.75. The molecule has 0 aromatic rings. The lowest BCUT2D eigenvalue weighted by atomic mass is 10.1. The number of hydrogen-bond acceptors (Lipinski definition) is 2. The van der Waals surface area contributed by atoms with Crippen molar-refractivity contribution in [3.05, 3.63) is 0 Å². The fourth-order valence-electron chi connectivity index (χ4n) is 1.90. The summed E-state index contributed by atoms with van der Waals surface area (Å²) in [4.78, 5) is 24.9. The summed E-state index contributed by atoms with van der Waals surface area (Å²) in [6.45, 7) is 5.96. The van der Waals surface area contributed by atoms with Crippen LogP contribution in [0.25, 0.3) is 0 Å². The summed E-state index contributed by atoms with van der Waals surface area (Å²) in [6.07, 6.45) is 3.82. The lowest BCUT2D eigenvalue weighted by Gasteiger charge is -2.26. The average Bonchev–Trinajstić information content (AvgIpc) is 2.29. The van der Waals surface area contributed by atoms with Crippen LogP contribution >= 0.6 is 0 Å². The molecule has 0 atom stereocenters. The van der Waals surface area contributed by atoms with Gasteiger partial charge in [-0.25, -0.2) is 4.79 Å². The van der Waals surface area contributed by atoms with E-state index in [1.165, 1.54) is 6.42 Å². The molecule has 5 heteroatoms. The standard InChI is InChI=1S/C12H23N3O2/c1-10(2)14-12(17)13-7-6-11(16)15-8-4-3-5-9-15/h10H,3-9H2,1-2H3,(H2,13,14,17). The minimum absolute atomic E-state index is 0.118. The van der Waals surface area contributed by atoms with E-state index in [2.05, 4.69) is 10.6 Å². The van der Waals surface area contributed by atoms with Crippen molar-refractivity contribution < 1.29 is 9.59 Å². The number of rotatable bonds is 4. The molecule has 1 rings (SSSR count). The Kier molecular flexibility index (Phi) is 5.80. The van der Waals surface area contributed by atoms with Gasteiger partial charge in [-0.2, -0.15) is 0 Å². The lowest BCUT2D eigenvalue weighted by Crippen LogP contribution is -2.42. The first kappa shape index (κ1) is 13.8. The molecule has 1 aliphatic heterocycles. The van der Waals surface area contributed by atoms with Gasteiger partial charge in [0.15, 0.2) is 0 Å². The van der Waals surface area contributed by atoms with Crippen molar-refractivity contribution in [2.24, 2.45) is 0 Å². The molecule has 1 saturated heterocycles. The van der Waals surface area contributed by atoms with Gasteiger partial charge in [-0.15, -0.1) is 0 Å². The maximum Gasteiger partial charge on any atom is 0.315 e. The fourth-order valence-corrected chi connectivity index (χ4v) is 1.90. The minimum Gasteiger partial charge on any atom is -0.343 e. The van der Waals surface area contributed by atoms with E-state index in [9.17, 15) is 9.59 Å². The van der Waals surface area contributed by atoms with Gasteiger partial charge in [0.1, 0.15) is 0 Å². The molecular weight excluding hydrogens is 218 g/mol. The Morgan fingerprint density at radius 1 is 1.18 bits per heavy atom. The molecule has 17 heavy (non-hydrogen) atoms. The van der Waals surface area contributed by atoms with Crippen LogP contribution in [0.15, 0.2) is 0 Å². The predicted octanol–water partition coefficient (Wildman–Crippen LogP) is 1.10. The van der Waals surface area contributed by atoms with E-state index in [1.54, 1.807) is 0 Å². The Morgan fingerprint density at radius 3 is 2.41 bits per heavy atom. The van der Waals surface area contributed by atoms with Gasteiger partial charge in [0.25, 0.3) is 0 Å². The summed E-state index contributed by atoms with van der Waals surface area (Å²) in [5.41, 5.74) is 0. The zero-order valence-corrected chi connectivity index (χ0v) is 10.8. The zero-order valence-electron chi connectivity index (χ0n) is 10.8. The maximum atomic E-state index is 11.8. The van der Waals surface area contributed by atoms with Crippen molar-refractivity contribution in [1.82, 2.24) is 15.5 Å². The van der Waals surface area contributed by atoms with E-state index in [1.807, 2.05) is 18.7 Å². The van der Waals surface area contributed by atoms with Gasteiger partial charge in [-0.1, -0.05) is 0 Å². The van der Waals surface area contributed by atoms with Gasteiger partial charge in [0.05, 0.1) is 0 Å². The molecule has 1 fully saturated rings. The number of urea groups is 1. The van der Waals surface area contributed by atoms with Crippen molar-refractivity contribution in [3.63, 3.8) is 0 Å². The average molecular weight is 241 g/mol. The Labute approximate surface area is 103 Å². The van der Waals surface area contributed by atoms with E-state index in [-0.39, 0.29) is 18.0 Å². The van der Waals surface area contributed by atoms with Crippen molar-refractivity contribution in [2.45, 2.75) is 45.6 Å². The van der Waals surface area contributed by atoms with E-state index in [0.717, 1.165) is 25.9 Å². The molecule has 0 unspecified atom stereocenters. The monoisotopic (exact) mass is 241 g/mol. The number of amides is 3. The summed E-state index contributed by atoms with van der Waals surface area (Å²) in [5, 5.41) is 5.41. The molecule has 3 amide bonds. The van der Waals surface area contributed by atoms with E-state index >= 15 is 0 Å². The van der Waals surface area contributed by atoms with Crippen LogP contribution in [0.3, 0.4) is 0 Å². The van der Waals surface area contributed by atoms with Gasteiger partial charge in [-0.3, -0.25) is 4.79 Å². The molecule has 1 heterocycles. The van der Waals surface area contributed by atoms with E-state index in [4.69, 9.17) is 0 Å². The quantitative estimate of drug-likeness (QED) is 0.774. The topological polar surface area (TPSA) is 61.4 Å². The zero-order chi connectivity index (χ0) is 12.7. The number of hydrogen-bond donors (Lipinski definition) is 2. The second-order valence-corrected chi connectivity index (χ2v) is 4.75. The molecule has 0 spiro atoms. The number of piperidine rings is 1. The van der Waals surface area contributed by atoms with Crippen molar-refractivity contribution >= 4 is 11.9 Å². The van der Waals surface area contributed by atoms with Gasteiger partial charge >= 0.3 is 6.03 Å². The highest BCUT2D eigenvalue weighted by atomic mass is 16.2. The Balaban J connectivity index is 2.13. The van der Waals surface area contributed by atoms with Gasteiger partial charge in [0, 0.05) is 32.1 Å². The van der Waals surface area contributed by atoms with Crippen LogP contribution in [0.5, 0.6) is 0 Å². The van der Waals surface area contributed by atoms with Crippen LogP contribution in [0.4, 0.5) is 4.79 Å². The molecule has 0 radical (unpaired) electrons. The highest BCUT2D eigenvalue weighted by Crippen LogP contribution is 2.09. The number of carbonyl (C=O) groups excluding carboxylic acids is 2. The third-order valence-electron chi connectivity index (χ3n) is 2.75. The van der Waals surface area contributed by atoms with Crippen LogP contribution in [0.2, 0.25) is 0 Å². The molecule has 0 aromatic carbocycles. The van der Waals surface area contributed by atoms with Crippen LogP contribution in [-0.4, -0.2) is 42.5 Å². The molecule has 1 aliphatic rings. The Morgan fingerprint density at radius 2 is 1.82 bits per heavy atom. The molecule has 2 N–H and O–H groups in total. The third-order valence-corrected chi connectivity index (χ3v) is 2.75. The number of likely N-dealkylation sites (tertiary alicyclic amines) is 1. The van der Waals surface area contributed by atoms with E-state index < -0.39 is 0 Å². The maximum absolute atomic E-state index is 11.8. The highest BCUT2D eigenvalue weighted by molar-refractivity contribution is 5.78. The van der Waals surface area contributed by atoms with Crippen molar-refractivity contribution in [1.29, 1.82) is 0 Å². The molecule has 0 aromatic heterocycles. The second kappa shape index (κ2) is 7.14. The predicted molar refractivity (Wildman–Crippen MR) is 66.7 cm³/mol. The number of nitrogens with one attached hydrogen (secondary N) is 2. The first-order valence-electron chi connectivity index (χ1n) is 6.41. The van der Waals surface area contributed by atoms with Crippen molar-refractivity contribution in [3.8, 4) is 0 Å². The van der Waals surface area contributed by atoms with Crippen LogP contribution < -0.4 is 10.6 Å². The summed E-state index contributed by atoms with van der Waals surface area (Å²) in [7, 11) is 0. The molecule has 0 aliphatic carbocycles. The largest absolute Gasteiger partial charge is 0.343 e. The van der Waals surface area contributed by atoms with Crippen LogP contribution in [-0.2, 0) is 4.79 Å². The SMILES string of the molecule is CC(C)NC(=O)NCCC(=O)N1CCCCC1. The molecule has 98 valence electrons. The van der Waals surface area contributed by atoms with Gasteiger partial charge < -0.3 is 15.5 Å². The highest BCUT2D eigenvalue weighted by Gasteiger charge is 2.15. The smallest absolute Gasteiger partial charge is 0.315 e. The molecule has 0 bridgehead atoms. The summed E-state index contributed by atoms with van der Waals surface area (Å²) < 4.78 is 0. The van der Waals surface area contributed by atoms with Gasteiger partial charge in [0.2, 0.25) is 5.91 Å². The van der Waals surface area contributed by atoms with Gasteiger partial charge in [-0.05, 0) is 33.1 Å². The summed E-state index contributed by atoms with van der Waals surface area (Å²) in [6, 6.07) is -0.0840. The van der Waals surface area contributed by atoms with Crippen molar-refractivity contribution in [2.75, 3.05) is 19.6 Å². The number of nitrogens with zero attached hydrogens (tertiary/aromatic N) is 1. The lowest BCUT2D eigenvalue weighted by molar-refractivity contribution is -0.131. The summed E-state index contributed by atoms with van der Waals surface area (Å²) >= 11 is 0. The first-order chi connectivity index (χ1) is 8.09. The normalized spacial score (nSPS) is 15.8.